The molecule has 6 nitrogen and oxygen atoms in total. The highest BCUT2D eigenvalue weighted by atomic mass is 19.1. The second-order valence-electron chi connectivity index (χ2n) is 5.57. The third-order valence-corrected chi connectivity index (χ3v) is 3.99. The van der Waals surface area contributed by atoms with Gasteiger partial charge in [-0.25, -0.2) is 14.4 Å². The monoisotopic (exact) mass is 301 g/mol. The zero-order chi connectivity index (χ0) is 15.7. The number of nitrogens with two attached hydrogens (primary N) is 2. The van der Waals surface area contributed by atoms with Gasteiger partial charge in [0.1, 0.15) is 23.8 Å². The molecular weight excluding hydrogens is 285 g/mol. The molecule has 1 saturated heterocycles. The van der Waals surface area contributed by atoms with E-state index in [1.807, 2.05) is 4.90 Å². The third-order valence-electron chi connectivity index (χ3n) is 3.99. The van der Waals surface area contributed by atoms with E-state index in [4.69, 9.17) is 11.5 Å². The smallest absolute Gasteiger partial charge is 0.227 e. The summed E-state index contributed by atoms with van der Waals surface area (Å²) in [5.74, 6) is 0.232. The summed E-state index contributed by atoms with van der Waals surface area (Å²) in [4.78, 5) is 21.7. The predicted octanol–water partition coefficient (Wildman–Crippen LogP) is 0.732. The molecule has 1 fully saturated rings. The van der Waals surface area contributed by atoms with Gasteiger partial charge >= 0.3 is 0 Å². The molecule has 0 bridgehead atoms. The third kappa shape index (κ3) is 2.45. The summed E-state index contributed by atoms with van der Waals surface area (Å²) < 4.78 is 13.8. The number of carbonyl (C=O) groups is 1. The van der Waals surface area contributed by atoms with E-state index in [-0.39, 0.29) is 12.2 Å². The molecule has 1 aliphatic heterocycles. The number of nitrogens with zero attached hydrogens (tertiary/aromatic N) is 3. The topological polar surface area (TPSA) is 98.1 Å². The normalized spacial score (nSPS) is 16.1. The van der Waals surface area contributed by atoms with Gasteiger partial charge in [-0.1, -0.05) is 18.2 Å². The van der Waals surface area contributed by atoms with Crippen molar-refractivity contribution in [2.24, 2.45) is 11.1 Å². The van der Waals surface area contributed by atoms with E-state index in [0.717, 1.165) is 0 Å². The zero-order valence-corrected chi connectivity index (χ0v) is 11.9. The van der Waals surface area contributed by atoms with Gasteiger partial charge in [-0.3, -0.25) is 4.79 Å². The minimum absolute atomic E-state index is 0.270. The van der Waals surface area contributed by atoms with Gasteiger partial charge in [-0.2, -0.15) is 0 Å². The number of primary amides is 1. The van der Waals surface area contributed by atoms with E-state index < -0.39 is 11.3 Å². The average Bonchev–Trinajstić information content (AvgIpc) is 2.44. The number of benzene rings is 1. The van der Waals surface area contributed by atoms with Crippen molar-refractivity contribution in [3.8, 4) is 0 Å². The lowest BCUT2D eigenvalue weighted by Crippen LogP contribution is -2.64. The molecule has 1 aromatic heterocycles. The summed E-state index contributed by atoms with van der Waals surface area (Å²) >= 11 is 0. The molecule has 0 unspecified atom stereocenters. The van der Waals surface area contributed by atoms with Crippen LogP contribution >= 0.6 is 0 Å². The van der Waals surface area contributed by atoms with Crippen molar-refractivity contribution < 1.29 is 9.18 Å². The van der Waals surface area contributed by atoms with Crippen molar-refractivity contribution in [1.29, 1.82) is 0 Å². The van der Waals surface area contributed by atoms with E-state index in [1.165, 1.54) is 12.4 Å². The van der Waals surface area contributed by atoms with Crippen LogP contribution in [-0.2, 0) is 11.2 Å². The number of rotatable bonds is 4. The molecule has 1 amide bonds. The van der Waals surface area contributed by atoms with Crippen LogP contribution in [0.25, 0.3) is 0 Å². The van der Waals surface area contributed by atoms with Gasteiger partial charge in [0, 0.05) is 19.2 Å². The van der Waals surface area contributed by atoms with Crippen molar-refractivity contribution in [1.82, 2.24) is 9.97 Å². The maximum absolute atomic E-state index is 13.8. The number of amides is 1. The molecule has 0 aliphatic carbocycles. The second-order valence-corrected chi connectivity index (χ2v) is 5.57. The Bertz CT molecular complexity index is 715. The van der Waals surface area contributed by atoms with E-state index in [9.17, 15) is 9.18 Å². The molecule has 0 spiro atoms. The molecule has 22 heavy (non-hydrogen) atoms. The Kier molecular flexibility index (Phi) is 3.40. The molecule has 0 radical (unpaired) electrons. The number of hydrogen-bond acceptors (Lipinski definition) is 5. The Balaban J connectivity index is 1.79. The van der Waals surface area contributed by atoms with E-state index >= 15 is 0 Å². The molecule has 7 heteroatoms. The lowest BCUT2D eigenvalue weighted by molar-refractivity contribution is -0.129. The standard InChI is InChI=1S/C15H16FN5O/c16-11-4-2-1-3-10(11)6-15(14(18)22)7-21(8-15)13-5-12(17)19-9-20-13/h1-5,9H,6-8H2,(H2,18,22)(H2,17,19,20). The first-order chi connectivity index (χ1) is 10.5. The van der Waals surface area contributed by atoms with Crippen molar-refractivity contribution >= 4 is 17.5 Å². The van der Waals surface area contributed by atoms with Crippen LogP contribution < -0.4 is 16.4 Å². The molecule has 2 heterocycles. The molecule has 1 aliphatic rings. The van der Waals surface area contributed by atoms with Gasteiger partial charge in [0.15, 0.2) is 0 Å². The van der Waals surface area contributed by atoms with Crippen molar-refractivity contribution in [2.75, 3.05) is 23.7 Å². The van der Waals surface area contributed by atoms with Crippen molar-refractivity contribution in [3.05, 3.63) is 48.0 Å². The minimum Gasteiger partial charge on any atom is -0.384 e. The van der Waals surface area contributed by atoms with Crippen molar-refractivity contribution in [2.45, 2.75) is 6.42 Å². The molecule has 2 aromatic rings. The molecule has 114 valence electrons. The highest BCUT2D eigenvalue weighted by Crippen LogP contribution is 2.37. The number of anilines is 2. The van der Waals surface area contributed by atoms with Crippen LogP contribution in [0, 0.1) is 11.2 Å². The average molecular weight is 301 g/mol. The summed E-state index contributed by atoms with van der Waals surface area (Å²) in [6.07, 6.45) is 1.64. The fraction of sp³-hybridized carbons (Fsp3) is 0.267. The van der Waals surface area contributed by atoms with Crippen LogP contribution in [0.2, 0.25) is 0 Å². The van der Waals surface area contributed by atoms with Gasteiger partial charge < -0.3 is 16.4 Å². The number of halogens is 1. The predicted molar refractivity (Wildman–Crippen MR) is 80.4 cm³/mol. The number of aromatic nitrogens is 2. The van der Waals surface area contributed by atoms with E-state index in [2.05, 4.69) is 9.97 Å². The fourth-order valence-corrected chi connectivity index (χ4v) is 2.74. The van der Waals surface area contributed by atoms with Gasteiger partial charge in [-0.05, 0) is 18.1 Å². The van der Waals surface area contributed by atoms with Gasteiger partial charge in [0.2, 0.25) is 5.91 Å². The minimum atomic E-state index is -0.790. The largest absolute Gasteiger partial charge is 0.384 e. The molecule has 1 aromatic carbocycles. The first-order valence-electron chi connectivity index (χ1n) is 6.86. The quantitative estimate of drug-likeness (QED) is 0.867. The molecule has 3 rings (SSSR count). The van der Waals surface area contributed by atoms with Crippen LogP contribution in [0.5, 0.6) is 0 Å². The van der Waals surface area contributed by atoms with Crippen LogP contribution in [-0.4, -0.2) is 29.0 Å². The molecule has 4 N–H and O–H groups in total. The lowest BCUT2D eigenvalue weighted by Gasteiger charge is -2.48. The lowest BCUT2D eigenvalue weighted by atomic mass is 9.74. The first-order valence-corrected chi connectivity index (χ1v) is 6.86. The Morgan fingerprint density at radius 3 is 2.68 bits per heavy atom. The van der Waals surface area contributed by atoms with Crippen LogP contribution in [0.3, 0.4) is 0 Å². The van der Waals surface area contributed by atoms with Crippen LogP contribution in [0.15, 0.2) is 36.7 Å². The SMILES string of the molecule is NC(=O)C1(Cc2ccccc2F)CN(c2cc(N)ncn2)C1. The number of nitrogen functional groups attached to an aromatic ring is 1. The first kappa shape index (κ1) is 14.2. The number of carbonyl (C=O) groups excluding carboxylic acids is 1. The summed E-state index contributed by atoms with van der Waals surface area (Å²) in [7, 11) is 0. The maximum atomic E-state index is 13.8. The highest BCUT2D eigenvalue weighted by Gasteiger charge is 2.48. The summed E-state index contributed by atoms with van der Waals surface area (Å²) in [6, 6.07) is 8.05. The van der Waals surface area contributed by atoms with Crippen LogP contribution in [0.1, 0.15) is 5.56 Å². The van der Waals surface area contributed by atoms with Gasteiger partial charge in [0.05, 0.1) is 5.41 Å². The Morgan fingerprint density at radius 1 is 1.32 bits per heavy atom. The van der Waals surface area contributed by atoms with E-state index in [1.54, 1.807) is 24.3 Å². The Morgan fingerprint density at radius 2 is 2.05 bits per heavy atom. The van der Waals surface area contributed by atoms with E-state index in [0.29, 0.717) is 30.3 Å². The molecule has 0 atom stereocenters. The van der Waals surface area contributed by atoms with Crippen LogP contribution in [0.4, 0.5) is 16.0 Å². The summed E-state index contributed by atoms with van der Waals surface area (Å²) in [6.45, 7) is 0.764. The Hall–Kier alpha value is -2.70. The maximum Gasteiger partial charge on any atom is 0.227 e. The molecular formula is C15H16FN5O. The van der Waals surface area contributed by atoms with Gasteiger partial charge in [0.25, 0.3) is 0 Å². The number of hydrogen-bond donors (Lipinski definition) is 2. The second kappa shape index (κ2) is 5.25. The van der Waals surface area contributed by atoms with Gasteiger partial charge in [-0.15, -0.1) is 0 Å². The van der Waals surface area contributed by atoms with Crippen molar-refractivity contribution in [3.63, 3.8) is 0 Å². The summed E-state index contributed by atoms with van der Waals surface area (Å²) in [5, 5.41) is 0. The zero-order valence-electron chi connectivity index (χ0n) is 11.9. The highest BCUT2D eigenvalue weighted by molar-refractivity contribution is 5.85. The molecule has 0 saturated carbocycles. The Labute approximate surface area is 127 Å². The fourth-order valence-electron chi connectivity index (χ4n) is 2.74. The summed E-state index contributed by atoms with van der Waals surface area (Å²) in [5.41, 5.74) is 10.9.